The summed E-state index contributed by atoms with van der Waals surface area (Å²) >= 11 is 0. The summed E-state index contributed by atoms with van der Waals surface area (Å²) in [6.45, 7) is 3.59. The number of hydrogen-bond donors (Lipinski definition) is 2. The summed E-state index contributed by atoms with van der Waals surface area (Å²) in [7, 11) is 0. The third kappa shape index (κ3) is 2.34. The second-order valence-corrected chi connectivity index (χ2v) is 6.02. The summed E-state index contributed by atoms with van der Waals surface area (Å²) in [6, 6.07) is 7.21. The molecule has 0 radical (unpaired) electrons. The first-order chi connectivity index (χ1) is 10.4. The first kappa shape index (κ1) is 14.2. The number of anilines is 1. The zero-order chi connectivity index (χ0) is 15.9. The van der Waals surface area contributed by atoms with E-state index in [-0.39, 0.29) is 5.91 Å². The highest BCUT2D eigenvalue weighted by Gasteiger charge is 2.65. The quantitative estimate of drug-likeness (QED) is 0.893. The lowest BCUT2D eigenvalue weighted by molar-refractivity contribution is -0.140. The van der Waals surface area contributed by atoms with Crippen LogP contribution in [0.5, 0.6) is 0 Å². The van der Waals surface area contributed by atoms with Crippen molar-refractivity contribution in [2.24, 2.45) is 17.3 Å². The Labute approximate surface area is 127 Å². The van der Waals surface area contributed by atoms with Gasteiger partial charge in [-0.2, -0.15) is 0 Å². The Kier molecular flexibility index (Phi) is 3.20. The molecule has 7 heteroatoms. The fraction of sp³-hybridized carbons (Fsp3) is 0.333. The molecule has 1 aromatic heterocycles. The molecular formula is C15H16N4O3. The van der Waals surface area contributed by atoms with E-state index in [2.05, 4.69) is 15.5 Å². The molecular weight excluding hydrogens is 284 g/mol. The van der Waals surface area contributed by atoms with E-state index in [9.17, 15) is 9.59 Å². The standard InChI is InChI=1S/C15H16N4O3/c1-15(2)11(12(15)14(21)22)13(20)18-9-4-3-5-10(6-9)19-7-16-17-8-19/h3-8,11-12H,1-2H3,(H,18,20)(H,21,22)/t11-,12-/m0/s1. The largest absolute Gasteiger partial charge is 0.481 e. The van der Waals surface area contributed by atoms with E-state index >= 15 is 0 Å². The van der Waals surface area contributed by atoms with Gasteiger partial charge in [-0.15, -0.1) is 10.2 Å². The lowest BCUT2D eigenvalue weighted by Gasteiger charge is -2.08. The van der Waals surface area contributed by atoms with Crippen molar-refractivity contribution in [3.05, 3.63) is 36.9 Å². The monoisotopic (exact) mass is 300 g/mol. The molecule has 1 heterocycles. The molecule has 0 spiro atoms. The highest BCUT2D eigenvalue weighted by Crippen LogP contribution is 2.58. The second kappa shape index (κ2) is 4.94. The Morgan fingerprint density at radius 3 is 2.50 bits per heavy atom. The van der Waals surface area contributed by atoms with Gasteiger partial charge >= 0.3 is 5.97 Å². The highest BCUT2D eigenvalue weighted by atomic mass is 16.4. The van der Waals surface area contributed by atoms with Gasteiger partial charge in [-0.05, 0) is 23.6 Å². The molecule has 2 N–H and O–H groups in total. The minimum absolute atomic E-state index is 0.265. The summed E-state index contributed by atoms with van der Waals surface area (Å²) in [5.41, 5.74) is 0.914. The Bertz CT molecular complexity index is 724. The van der Waals surface area contributed by atoms with Gasteiger partial charge in [0.2, 0.25) is 5.91 Å². The molecule has 1 aliphatic carbocycles. The van der Waals surface area contributed by atoms with E-state index in [1.54, 1.807) is 49.3 Å². The van der Waals surface area contributed by atoms with Crippen LogP contribution >= 0.6 is 0 Å². The number of nitrogens with one attached hydrogen (secondary N) is 1. The number of hydrogen-bond acceptors (Lipinski definition) is 4. The summed E-state index contributed by atoms with van der Waals surface area (Å²) in [5, 5.41) is 19.4. The molecule has 114 valence electrons. The van der Waals surface area contributed by atoms with Gasteiger partial charge in [0.15, 0.2) is 0 Å². The van der Waals surface area contributed by atoms with Gasteiger partial charge < -0.3 is 10.4 Å². The average molecular weight is 300 g/mol. The number of benzene rings is 1. The van der Waals surface area contributed by atoms with E-state index in [0.29, 0.717) is 5.69 Å². The SMILES string of the molecule is CC1(C)[C@H](C(=O)O)[C@H]1C(=O)Nc1cccc(-n2cnnc2)c1. The summed E-state index contributed by atoms with van der Waals surface area (Å²) in [5.74, 6) is -2.33. The van der Waals surface area contributed by atoms with E-state index < -0.39 is 23.2 Å². The molecule has 1 aliphatic rings. The number of carboxylic acid groups (broad SMARTS) is 1. The van der Waals surface area contributed by atoms with Crippen LogP contribution in [0.3, 0.4) is 0 Å². The number of aromatic nitrogens is 3. The fourth-order valence-electron chi connectivity index (χ4n) is 2.89. The van der Waals surface area contributed by atoms with Crippen molar-refractivity contribution in [3.63, 3.8) is 0 Å². The van der Waals surface area contributed by atoms with Crippen molar-refractivity contribution in [2.75, 3.05) is 5.32 Å². The highest BCUT2D eigenvalue weighted by molar-refractivity contribution is 5.99. The Balaban J connectivity index is 1.76. The van der Waals surface area contributed by atoms with E-state index in [1.807, 2.05) is 6.07 Å². The molecule has 0 bridgehead atoms. The average Bonchev–Trinajstić information content (AvgIpc) is 2.84. The normalized spacial score (nSPS) is 22.1. The molecule has 0 saturated heterocycles. The fourth-order valence-corrected chi connectivity index (χ4v) is 2.89. The summed E-state index contributed by atoms with van der Waals surface area (Å²) < 4.78 is 1.72. The van der Waals surface area contributed by atoms with Gasteiger partial charge in [0.1, 0.15) is 12.7 Å². The van der Waals surface area contributed by atoms with Crippen LogP contribution in [0.25, 0.3) is 5.69 Å². The number of aliphatic carboxylic acids is 1. The number of carbonyl (C=O) groups excluding carboxylic acids is 1. The van der Waals surface area contributed by atoms with Crippen molar-refractivity contribution >= 4 is 17.6 Å². The maximum atomic E-state index is 12.3. The third-order valence-electron chi connectivity index (χ3n) is 4.21. The summed E-state index contributed by atoms with van der Waals surface area (Å²) in [6.07, 6.45) is 3.12. The van der Waals surface area contributed by atoms with Crippen LogP contribution in [0.1, 0.15) is 13.8 Å². The maximum absolute atomic E-state index is 12.3. The molecule has 1 amide bonds. The first-order valence-electron chi connectivity index (χ1n) is 6.90. The van der Waals surface area contributed by atoms with Crippen LogP contribution in [0, 0.1) is 17.3 Å². The number of carboxylic acids is 1. The molecule has 2 atom stereocenters. The zero-order valence-electron chi connectivity index (χ0n) is 12.2. The van der Waals surface area contributed by atoms with Gasteiger partial charge in [0, 0.05) is 5.69 Å². The number of rotatable bonds is 4. The van der Waals surface area contributed by atoms with Crippen LogP contribution in [-0.2, 0) is 9.59 Å². The number of amides is 1. The van der Waals surface area contributed by atoms with E-state index in [0.717, 1.165) is 5.69 Å². The van der Waals surface area contributed by atoms with Gasteiger partial charge in [-0.25, -0.2) is 0 Å². The minimum atomic E-state index is -0.927. The van der Waals surface area contributed by atoms with Crippen molar-refractivity contribution in [1.29, 1.82) is 0 Å². The first-order valence-corrected chi connectivity index (χ1v) is 6.90. The molecule has 1 aromatic carbocycles. The second-order valence-electron chi connectivity index (χ2n) is 6.02. The summed E-state index contributed by atoms with van der Waals surface area (Å²) in [4.78, 5) is 23.5. The van der Waals surface area contributed by atoms with Crippen LogP contribution in [0.4, 0.5) is 5.69 Å². The Morgan fingerprint density at radius 2 is 1.91 bits per heavy atom. The van der Waals surface area contributed by atoms with Crippen LogP contribution in [-0.4, -0.2) is 31.7 Å². The van der Waals surface area contributed by atoms with Crippen LogP contribution in [0.15, 0.2) is 36.9 Å². The number of carbonyl (C=O) groups is 2. The molecule has 0 aliphatic heterocycles. The Hall–Kier alpha value is -2.70. The van der Waals surface area contributed by atoms with Gasteiger partial charge in [0.05, 0.1) is 17.5 Å². The third-order valence-corrected chi connectivity index (χ3v) is 4.21. The topological polar surface area (TPSA) is 97.1 Å². The van der Waals surface area contributed by atoms with Crippen molar-refractivity contribution in [1.82, 2.24) is 14.8 Å². The molecule has 1 saturated carbocycles. The molecule has 1 fully saturated rings. The molecule has 22 heavy (non-hydrogen) atoms. The smallest absolute Gasteiger partial charge is 0.307 e. The van der Waals surface area contributed by atoms with Crippen LogP contribution in [0.2, 0.25) is 0 Å². The molecule has 7 nitrogen and oxygen atoms in total. The van der Waals surface area contributed by atoms with Gasteiger partial charge in [-0.3, -0.25) is 14.2 Å². The van der Waals surface area contributed by atoms with Crippen molar-refractivity contribution in [3.8, 4) is 5.69 Å². The van der Waals surface area contributed by atoms with E-state index in [4.69, 9.17) is 5.11 Å². The zero-order valence-corrected chi connectivity index (χ0v) is 12.2. The Morgan fingerprint density at radius 1 is 1.23 bits per heavy atom. The lowest BCUT2D eigenvalue weighted by atomic mass is 10.1. The van der Waals surface area contributed by atoms with Crippen molar-refractivity contribution in [2.45, 2.75) is 13.8 Å². The molecule has 0 unspecified atom stereocenters. The number of nitrogens with zero attached hydrogens (tertiary/aromatic N) is 3. The predicted molar refractivity (Wildman–Crippen MR) is 78.4 cm³/mol. The molecule has 3 rings (SSSR count). The van der Waals surface area contributed by atoms with Crippen molar-refractivity contribution < 1.29 is 14.7 Å². The van der Waals surface area contributed by atoms with Gasteiger partial charge in [-0.1, -0.05) is 19.9 Å². The van der Waals surface area contributed by atoms with Gasteiger partial charge in [0.25, 0.3) is 0 Å². The minimum Gasteiger partial charge on any atom is -0.481 e. The van der Waals surface area contributed by atoms with Crippen LogP contribution < -0.4 is 5.32 Å². The predicted octanol–water partition coefficient (Wildman–Crippen LogP) is 1.56. The lowest BCUT2D eigenvalue weighted by Crippen LogP contribution is -2.17. The van der Waals surface area contributed by atoms with E-state index in [1.165, 1.54) is 0 Å². The maximum Gasteiger partial charge on any atom is 0.307 e. The molecule has 2 aromatic rings.